The molecule has 20 heavy (non-hydrogen) atoms. The molecule has 0 saturated carbocycles. The van der Waals surface area contributed by atoms with E-state index < -0.39 is 0 Å². The van der Waals surface area contributed by atoms with Crippen molar-refractivity contribution in [1.29, 1.82) is 0 Å². The van der Waals surface area contributed by atoms with Gasteiger partial charge in [0.1, 0.15) is 5.75 Å². The highest BCUT2D eigenvalue weighted by Crippen LogP contribution is 2.17. The molecule has 0 aromatic heterocycles. The minimum atomic E-state index is 0.493. The number of ether oxygens (including phenoxy) is 2. The summed E-state index contributed by atoms with van der Waals surface area (Å²) in [4.78, 5) is 2.36. The molecular weight excluding hydrogens is 252 g/mol. The number of methoxy groups -OCH3 is 1. The summed E-state index contributed by atoms with van der Waals surface area (Å²) in [6.45, 7) is 6.84. The molecule has 4 nitrogen and oxygen atoms in total. The summed E-state index contributed by atoms with van der Waals surface area (Å²) in [5.74, 6) is 1.50. The van der Waals surface area contributed by atoms with Crippen LogP contribution >= 0.6 is 0 Å². The molecule has 1 N–H and O–H groups in total. The van der Waals surface area contributed by atoms with E-state index in [-0.39, 0.29) is 0 Å². The molecule has 1 saturated heterocycles. The third-order valence-corrected chi connectivity index (χ3v) is 3.80. The third-order valence-electron chi connectivity index (χ3n) is 3.80. The molecule has 0 radical (unpaired) electrons. The first kappa shape index (κ1) is 15.3. The topological polar surface area (TPSA) is 33.7 Å². The first-order valence-electron chi connectivity index (χ1n) is 7.35. The van der Waals surface area contributed by atoms with Crippen LogP contribution < -0.4 is 10.1 Å². The van der Waals surface area contributed by atoms with Gasteiger partial charge in [-0.3, -0.25) is 0 Å². The Bertz CT molecular complexity index is 411. The Balaban J connectivity index is 1.86. The van der Waals surface area contributed by atoms with Gasteiger partial charge in [0.15, 0.2) is 0 Å². The predicted molar refractivity (Wildman–Crippen MR) is 81.1 cm³/mol. The number of benzene rings is 1. The highest BCUT2D eigenvalue weighted by atomic mass is 16.5. The second-order valence-electron chi connectivity index (χ2n) is 5.51. The van der Waals surface area contributed by atoms with Crippen molar-refractivity contribution in [3.63, 3.8) is 0 Å². The summed E-state index contributed by atoms with van der Waals surface area (Å²) < 4.78 is 10.9. The summed E-state index contributed by atoms with van der Waals surface area (Å²) in [5.41, 5.74) is 1.28. The molecule has 0 aliphatic carbocycles. The van der Waals surface area contributed by atoms with Crippen LogP contribution in [-0.4, -0.2) is 51.4 Å². The van der Waals surface area contributed by atoms with Crippen molar-refractivity contribution in [3.05, 3.63) is 29.8 Å². The molecule has 1 heterocycles. The quantitative estimate of drug-likeness (QED) is 0.824. The van der Waals surface area contributed by atoms with E-state index >= 15 is 0 Å². The van der Waals surface area contributed by atoms with E-state index in [1.807, 2.05) is 12.1 Å². The zero-order chi connectivity index (χ0) is 14.4. The Kier molecular flexibility index (Phi) is 5.83. The van der Waals surface area contributed by atoms with Crippen LogP contribution in [0.4, 0.5) is 0 Å². The number of likely N-dealkylation sites (N-methyl/N-ethyl adjacent to an activating group) is 1. The second kappa shape index (κ2) is 7.62. The maximum Gasteiger partial charge on any atom is 0.119 e. The van der Waals surface area contributed by atoms with Gasteiger partial charge in [0.2, 0.25) is 0 Å². The summed E-state index contributed by atoms with van der Waals surface area (Å²) in [5, 5.41) is 3.51. The number of rotatable bonds is 7. The lowest BCUT2D eigenvalue weighted by Crippen LogP contribution is -2.40. The molecule has 4 heteroatoms. The van der Waals surface area contributed by atoms with E-state index in [0.29, 0.717) is 12.0 Å². The van der Waals surface area contributed by atoms with Crippen molar-refractivity contribution in [3.8, 4) is 5.75 Å². The molecule has 1 aliphatic rings. The molecule has 1 aromatic carbocycles. The fourth-order valence-corrected chi connectivity index (χ4v) is 2.81. The SMILES string of the molecule is CCNC1COCC1CN(C)Cc1cccc(OC)c1. The van der Waals surface area contributed by atoms with E-state index in [1.54, 1.807) is 7.11 Å². The van der Waals surface area contributed by atoms with Gasteiger partial charge >= 0.3 is 0 Å². The number of nitrogens with one attached hydrogen (secondary N) is 1. The van der Waals surface area contributed by atoms with Crippen LogP contribution in [0.15, 0.2) is 24.3 Å². The van der Waals surface area contributed by atoms with Crippen molar-refractivity contribution in [2.45, 2.75) is 19.5 Å². The van der Waals surface area contributed by atoms with Crippen LogP contribution in [0.3, 0.4) is 0 Å². The molecule has 0 amide bonds. The summed E-state index contributed by atoms with van der Waals surface area (Å²) in [6, 6.07) is 8.76. The monoisotopic (exact) mass is 278 g/mol. The Morgan fingerprint density at radius 2 is 2.25 bits per heavy atom. The molecule has 1 aromatic rings. The van der Waals surface area contributed by atoms with E-state index in [9.17, 15) is 0 Å². The van der Waals surface area contributed by atoms with Gasteiger partial charge in [-0.05, 0) is 31.3 Å². The number of hydrogen-bond acceptors (Lipinski definition) is 4. The van der Waals surface area contributed by atoms with Crippen molar-refractivity contribution in [1.82, 2.24) is 10.2 Å². The summed E-state index contributed by atoms with van der Waals surface area (Å²) >= 11 is 0. The van der Waals surface area contributed by atoms with Crippen LogP contribution in [0.1, 0.15) is 12.5 Å². The van der Waals surface area contributed by atoms with Gasteiger partial charge in [0.05, 0.1) is 20.3 Å². The maximum absolute atomic E-state index is 5.60. The molecule has 2 unspecified atom stereocenters. The first-order valence-corrected chi connectivity index (χ1v) is 7.35. The van der Waals surface area contributed by atoms with E-state index in [0.717, 1.165) is 38.6 Å². The van der Waals surface area contributed by atoms with Gasteiger partial charge in [-0.2, -0.15) is 0 Å². The summed E-state index contributed by atoms with van der Waals surface area (Å²) in [7, 11) is 3.88. The maximum atomic E-state index is 5.60. The summed E-state index contributed by atoms with van der Waals surface area (Å²) in [6.07, 6.45) is 0. The first-order chi connectivity index (χ1) is 9.72. The van der Waals surface area contributed by atoms with Crippen molar-refractivity contribution in [2.24, 2.45) is 5.92 Å². The normalized spacial score (nSPS) is 22.4. The largest absolute Gasteiger partial charge is 0.497 e. The van der Waals surface area contributed by atoms with E-state index in [1.165, 1.54) is 5.56 Å². The smallest absolute Gasteiger partial charge is 0.119 e. The van der Waals surface area contributed by atoms with Gasteiger partial charge in [0.25, 0.3) is 0 Å². The Hall–Kier alpha value is -1.10. The molecule has 1 fully saturated rings. The van der Waals surface area contributed by atoms with Crippen LogP contribution in [0, 0.1) is 5.92 Å². The number of hydrogen-bond donors (Lipinski definition) is 1. The van der Waals surface area contributed by atoms with Crippen LogP contribution in [0.5, 0.6) is 5.75 Å². The molecule has 1 aliphatic heterocycles. The Morgan fingerprint density at radius 1 is 1.40 bits per heavy atom. The predicted octanol–water partition coefficient (Wildman–Crippen LogP) is 1.75. The van der Waals surface area contributed by atoms with Crippen LogP contribution in [0.25, 0.3) is 0 Å². The minimum Gasteiger partial charge on any atom is -0.497 e. The van der Waals surface area contributed by atoms with Gasteiger partial charge in [0, 0.05) is 25.0 Å². The molecule has 2 atom stereocenters. The van der Waals surface area contributed by atoms with Gasteiger partial charge in [-0.15, -0.1) is 0 Å². The van der Waals surface area contributed by atoms with E-state index in [4.69, 9.17) is 9.47 Å². The van der Waals surface area contributed by atoms with Crippen molar-refractivity contribution < 1.29 is 9.47 Å². The number of nitrogens with zero attached hydrogens (tertiary/aromatic N) is 1. The zero-order valence-electron chi connectivity index (χ0n) is 12.8. The fraction of sp³-hybridized carbons (Fsp3) is 0.625. The Morgan fingerprint density at radius 3 is 3.00 bits per heavy atom. The molecule has 0 spiro atoms. The van der Waals surface area contributed by atoms with Gasteiger partial charge < -0.3 is 19.7 Å². The van der Waals surface area contributed by atoms with Crippen molar-refractivity contribution in [2.75, 3.05) is 40.5 Å². The second-order valence-corrected chi connectivity index (χ2v) is 5.51. The van der Waals surface area contributed by atoms with Gasteiger partial charge in [-0.25, -0.2) is 0 Å². The lowest BCUT2D eigenvalue weighted by molar-refractivity contribution is 0.172. The van der Waals surface area contributed by atoms with Crippen molar-refractivity contribution >= 4 is 0 Å². The lowest BCUT2D eigenvalue weighted by Gasteiger charge is -2.24. The molecule has 112 valence electrons. The third kappa shape index (κ3) is 4.20. The highest BCUT2D eigenvalue weighted by Gasteiger charge is 2.28. The Labute approximate surface area is 122 Å². The lowest BCUT2D eigenvalue weighted by atomic mass is 10.0. The van der Waals surface area contributed by atoms with Gasteiger partial charge in [-0.1, -0.05) is 19.1 Å². The minimum absolute atomic E-state index is 0.493. The average Bonchev–Trinajstić information content (AvgIpc) is 2.86. The average molecular weight is 278 g/mol. The van der Waals surface area contributed by atoms with E-state index in [2.05, 4.69) is 36.3 Å². The standard InChI is InChI=1S/C16H26N2O2/c1-4-17-16-12-20-11-14(16)10-18(2)9-13-6-5-7-15(8-13)19-3/h5-8,14,16-17H,4,9-12H2,1-3H3. The molecule has 2 rings (SSSR count). The van der Waals surface area contributed by atoms with Crippen LogP contribution in [-0.2, 0) is 11.3 Å². The van der Waals surface area contributed by atoms with Crippen LogP contribution in [0.2, 0.25) is 0 Å². The highest BCUT2D eigenvalue weighted by molar-refractivity contribution is 5.28. The molecular formula is C16H26N2O2. The zero-order valence-corrected chi connectivity index (χ0v) is 12.8. The molecule has 0 bridgehead atoms. The fourth-order valence-electron chi connectivity index (χ4n) is 2.81.